The first-order chi connectivity index (χ1) is 16.6. The summed E-state index contributed by atoms with van der Waals surface area (Å²) >= 11 is 0. The molecule has 10 heteroatoms. The lowest BCUT2D eigenvalue weighted by atomic mass is 9.78. The van der Waals surface area contributed by atoms with Gasteiger partial charge >= 0.3 is 11.2 Å². The summed E-state index contributed by atoms with van der Waals surface area (Å²) in [6, 6.07) is 9.15. The molecule has 35 heavy (non-hydrogen) atoms. The lowest BCUT2D eigenvalue weighted by molar-refractivity contribution is 0.185. The predicted molar refractivity (Wildman–Crippen MR) is 133 cm³/mol. The topological polar surface area (TPSA) is 121 Å². The van der Waals surface area contributed by atoms with Crippen LogP contribution in [0.25, 0.3) is 11.0 Å². The summed E-state index contributed by atoms with van der Waals surface area (Å²) < 4.78 is 23.4. The molecular weight excluding hydrogens is 451 g/mol. The number of nitrogens with zero attached hydrogens (tertiary/aromatic N) is 4. The molecule has 0 bridgehead atoms. The Morgan fingerprint density at radius 1 is 1.23 bits per heavy atom. The van der Waals surface area contributed by atoms with E-state index in [4.69, 9.17) is 16.3 Å². The van der Waals surface area contributed by atoms with Crippen LogP contribution in [0.1, 0.15) is 38.3 Å². The second-order valence-electron chi connectivity index (χ2n) is 10.4. The molecule has 2 aliphatic rings. The Labute approximate surface area is 202 Å². The number of nitrogens with two attached hydrogens (primary N) is 2. The minimum Gasteiger partial charge on any atom is -0.492 e. The van der Waals surface area contributed by atoms with Gasteiger partial charge in [-0.2, -0.15) is 9.07 Å². The molecule has 1 aromatic carbocycles. The summed E-state index contributed by atoms with van der Waals surface area (Å²) in [5.74, 6) is 5.72. The normalized spacial score (nSPS) is 20.4. The zero-order valence-electron chi connectivity index (χ0n) is 20.2. The first-order valence-corrected chi connectivity index (χ1v) is 11.9. The van der Waals surface area contributed by atoms with Crippen molar-refractivity contribution in [1.29, 1.82) is 0 Å². The van der Waals surface area contributed by atoms with Crippen molar-refractivity contribution in [1.82, 2.24) is 14.2 Å². The van der Waals surface area contributed by atoms with E-state index in [-0.39, 0.29) is 28.9 Å². The number of rotatable bonds is 6. The van der Waals surface area contributed by atoms with E-state index in [9.17, 15) is 9.59 Å². The Morgan fingerprint density at radius 3 is 2.57 bits per heavy atom. The Bertz CT molecular complexity index is 1400. The Hall–Kier alpha value is -3.40. The minimum absolute atomic E-state index is 0.0170. The number of halogens is 1. The van der Waals surface area contributed by atoms with Crippen molar-refractivity contribution in [2.45, 2.75) is 45.7 Å². The van der Waals surface area contributed by atoms with E-state index in [0.29, 0.717) is 41.1 Å². The highest BCUT2D eigenvalue weighted by atomic mass is 19.1. The van der Waals surface area contributed by atoms with Crippen molar-refractivity contribution in [3.05, 3.63) is 62.7 Å². The maximum absolute atomic E-state index is 15.5. The van der Waals surface area contributed by atoms with Gasteiger partial charge in [0, 0.05) is 36.7 Å². The highest BCUT2D eigenvalue weighted by molar-refractivity contribution is 5.83. The standard InChI is InChI=1S/C25H31FN6O3/c1-14-20-19(23(33)32(28)24(34)31(20)15-9-10-15)29-22(26)21(14)30-11-17(25(2,3)13-30)18(27)12-35-16-7-5-4-6-8-16/h4-8,15,17-18H,9-13,27-28H2,1-3H3. The number of benzene rings is 1. The highest BCUT2D eigenvalue weighted by Gasteiger charge is 2.44. The van der Waals surface area contributed by atoms with E-state index < -0.39 is 17.2 Å². The first kappa shape index (κ1) is 23.3. The number of hydrogen-bond acceptors (Lipinski definition) is 7. The molecule has 3 aromatic rings. The number of aromatic nitrogens is 3. The average molecular weight is 483 g/mol. The van der Waals surface area contributed by atoms with Crippen LogP contribution in [-0.4, -0.2) is 40.0 Å². The fourth-order valence-electron chi connectivity index (χ4n) is 5.41. The smallest absolute Gasteiger partial charge is 0.350 e. The molecule has 2 fully saturated rings. The molecule has 2 aromatic heterocycles. The van der Waals surface area contributed by atoms with Crippen LogP contribution in [0.15, 0.2) is 39.9 Å². The molecule has 3 heterocycles. The van der Waals surface area contributed by atoms with Crippen LogP contribution in [0.3, 0.4) is 0 Å². The number of nitrogen functional groups attached to an aromatic ring is 1. The van der Waals surface area contributed by atoms with Gasteiger partial charge in [0.05, 0.1) is 11.2 Å². The predicted octanol–water partition coefficient (Wildman–Crippen LogP) is 1.92. The fraction of sp³-hybridized carbons (Fsp3) is 0.480. The third kappa shape index (κ3) is 3.95. The molecule has 1 saturated heterocycles. The van der Waals surface area contributed by atoms with Crippen LogP contribution < -0.4 is 32.5 Å². The molecule has 0 spiro atoms. The molecule has 1 aliphatic carbocycles. The molecule has 0 radical (unpaired) electrons. The average Bonchev–Trinajstić information content (AvgIpc) is 3.60. The zero-order valence-corrected chi connectivity index (χ0v) is 20.2. The van der Waals surface area contributed by atoms with Gasteiger partial charge in [-0.25, -0.2) is 9.78 Å². The first-order valence-electron chi connectivity index (χ1n) is 11.9. The summed E-state index contributed by atoms with van der Waals surface area (Å²) in [7, 11) is 0. The van der Waals surface area contributed by atoms with Crippen molar-refractivity contribution >= 4 is 16.7 Å². The Kier molecular flexibility index (Phi) is 5.58. The van der Waals surface area contributed by atoms with E-state index >= 15 is 4.39 Å². The number of para-hydroxylation sites is 1. The molecule has 2 atom stereocenters. The number of anilines is 1. The number of aryl methyl sites for hydroxylation is 1. The van der Waals surface area contributed by atoms with Crippen molar-refractivity contribution in [3.63, 3.8) is 0 Å². The molecule has 9 nitrogen and oxygen atoms in total. The quantitative estimate of drug-likeness (QED) is 0.407. The fourth-order valence-corrected chi connectivity index (χ4v) is 5.41. The van der Waals surface area contributed by atoms with E-state index in [0.717, 1.165) is 18.6 Å². The van der Waals surface area contributed by atoms with E-state index in [2.05, 4.69) is 18.8 Å². The number of hydrogen-bond donors (Lipinski definition) is 2. The van der Waals surface area contributed by atoms with E-state index in [1.807, 2.05) is 35.2 Å². The SMILES string of the molecule is Cc1c(N2CC(C(N)COc3ccccc3)C(C)(C)C2)c(F)nc2c(=O)n(N)c(=O)n(C3CC3)c12. The van der Waals surface area contributed by atoms with Gasteiger partial charge < -0.3 is 21.2 Å². The van der Waals surface area contributed by atoms with Gasteiger partial charge in [-0.15, -0.1) is 0 Å². The van der Waals surface area contributed by atoms with Crippen molar-refractivity contribution in [2.24, 2.45) is 17.1 Å². The summed E-state index contributed by atoms with van der Waals surface area (Å²) in [4.78, 5) is 31.4. The van der Waals surface area contributed by atoms with Crippen LogP contribution in [0.5, 0.6) is 5.75 Å². The molecule has 2 unspecified atom stereocenters. The molecule has 0 amide bonds. The zero-order chi connectivity index (χ0) is 25.1. The van der Waals surface area contributed by atoms with Crippen LogP contribution in [0.4, 0.5) is 10.1 Å². The van der Waals surface area contributed by atoms with Crippen molar-refractivity contribution in [3.8, 4) is 5.75 Å². The van der Waals surface area contributed by atoms with Gasteiger partial charge in [0.15, 0.2) is 5.52 Å². The van der Waals surface area contributed by atoms with Gasteiger partial charge in [-0.05, 0) is 37.3 Å². The second kappa shape index (κ2) is 8.37. The summed E-state index contributed by atoms with van der Waals surface area (Å²) in [6.07, 6.45) is 1.60. The van der Waals surface area contributed by atoms with Gasteiger partial charge in [0.1, 0.15) is 12.4 Å². The molecule has 1 aliphatic heterocycles. The second-order valence-corrected chi connectivity index (χ2v) is 10.4. The monoisotopic (exact) mass is 482 g/mol. The van der Waals surface area contributed by atoms with Crippen molar-refractivity contribution in [2.75, 3.05) is 30.4 Å². The van der Waals surface area contributed by atoms with Crippen LogP contribution in [-0.2, 0) is 0 Å². The van der Waals surface area contributed by atoms with Crippen LogP contribution >= 0.6 is 0 Å². The van der Waals surface area contributed by atoms with Crippen LogP contribution in [0, 0.1) is 24.2 Å². The maximum atomic E-state index is 15.5. The summed E-state index contributed by atoms with van der Waals surface area (Å²) in [5.41, 5.74) is 5.99. The molecule has 1 saturated carbocycles. The van der Waals surface area contributed by atoms with Gasteiger partial charge in [-0.1, -0.05) is 32.0 Å². The Morgan fingerprint density at radius 2 is 1.91 bits per heavy atom. The Balaban J connectivity index is 1.51. The van der Waals surface area contributed by atoms with E-state index in [1.165, 1.54) is 4.57 Å². The number of fused-ring (bicyclic) bond motifs is 1. The number of ether oxygens (including phenoxy) is 1. The lowest BCUT2D eigenvalue weighted by Gasteiger charge is -2.30. The van der Waals surface area contributed by atoms with Gasteiger partial charge in [-0.3, -0.25) is 9.36 Å². The third-order valence-corrected chi connectivity index (χ3v) is 7.36. The molecule has 4 N–H and O–H groups in total. The van der Waals surface area contributed by atoms with Gasteiger partial charge in [0.25, 0.3) is 0 Å². The van der Waals surface area contributed by atoms with E-state index in [1.54, 1.807) is 6.92 Å². The van der Waals surface area contributed by atoms with Crippen molar-refractivity contribution < 1.29 is 9.13 Å². The van der Waals surface area contributed by atoms with Crippen LogP contribution in [0.2, 0.25) is 0 Å². The number of pyridine rings is 1. The minimum atomic E-state index is -0.796. The largest absolute Gasteiger partial charge is 0.492 e. The molecule has 186 valence electrons. The molecular formula is C25H31FN6O3. The lowest BCUT2D eigenvalue weighted by Crippen LogP contribution is -2.45. The summed E-state index contributed by atoms with van der Waals surface area (Å²) in [5, 5.41) is 0. The molecule has 5 rings (SSSR count). The maximum Gasteiger partial charge on any atom is 0.350 e. The third-order valence-electron chi connectivity index (χ3n) is 7.36. The summed E-state index contributed by atoms with van der Waals surface area (Å²) in [6.45, 7) is 7.33. The highest BCUT2D eigenvalue weighted by Crippen LogP contribution is 2.43. The van der Waals surface area contributed by atoms with Gasteiger partial charge in [0.2, 0.25) is 5.95 Å².